The van der Waals surface area contributed by atoms with Crippen LogP contribution in [0, 0.1) is 0 Å². The van der Waals surface area contributed by atoms with Gasteiger partial charge >= 0.3 is 0 Å². The van der Waals surface area contributed by atoms with Crippen LogP contribution in [-0.4, -0.2) is 11.7 Å². The molecular formula is C6H10O. The Morgan fingerprint density at radius 2 is 2.43 bits per heavy atom. The van der Waals surface area contributed by atoms with Crippen molar-refractivity contribution in [3.63, 3.8) is 0 Å². The van der Waals surface area contributed by atoms with Crippen LogP contribution in [0.4, 0.5) is 0 Å². The largest absolute Gasteiger partial charge is 0.392 e. The Hall–Kier alpha value is -0.560. The number of rotatable bonds is 2. The molecule has 0 aliphatic heterocycles. The Morgan fingerprint density at radius 1 is 1.86 bits per heavy atom. The maximum atomic E-state index is 8.19. The van der Waals surface area contributed by atoms with Gasteiger partial charge in [0.05, 0.1) is 6.61 Å². The highest BCUT2D eigenvalue weighted by molar-refractivity contribution is 5.10. The van der Waals surface area contributed by atoms with Crippen LogP contribution in [0.15, 0.2) is 24.3 Å². The third-order valence-electron chi connectivity index (χ3n) is 0.508. The monoisotopic (exact) mass is 98.1 g/mol. The normalized spacial score (nSPS) is 10.0. The first kappa shape index (κ1) is 6.44. The van der Waals surface area contributed by atoms with E-state index in [9.17, 15) is 0 Å². The molecule has 0 heterocycles. The molecule has 0 bridgehead atoms. The van der Waals surface area contributed by atoms with Crippen LogP contribution in [0.3, 0.4) is 0 Å². The molecule has 1 nitrogen and oxygen atoms in total. The van der Waals surface area contributed by atoms with Crippen molar-refractivity contribution in [2.24, 2.45) is 0 Å². The van der Waals surface area contributed by atoms with Crippen LogP contribution in [0.2, 0.25) is 0 Å². The average Bonchev–Trinajstić information content (AvgIpc) is 1.61. The number of allylic oxidation sites excluding steroid dienone is 2. The first-order valence-corrected chi connectivity index (χ1v) is 2.20. The van der Waals surface area contributed by atoms with E-state index in [0.717, 1.165) is 5.57 Å². The molecule has 7 heavy (non-hydrogen) atoms. The van der Waals surface area contributed by atoms with Gasteiger partial charge in [-0.15, -0.1) is 0 Å². The highest BCUT2D eigenvalue weighted by Gasteiger charge is 1.68. The molecule has 0 rings (SSSR count). The van der Waals surface area contributed by atoms with Crippen LogP contribution < -0.4 is 0 Å². The zero-order valence-corrected chi connectivity index (χ0v) is 4.52. The summed E-state index contributed by atoms with van der Waals surface area (Å²) in [6.45, 7) is 5.58. The number of aliphatic hydroxyl groups is 1. The Morgan fingerprint density at radius 3 is 2.57 bits per heavy atom. The molecule has 0 radical (unpaired) electrons. The molecule has 40 valence electrons. The zero-order valence-electron chi connectivity index (χ0n) is 4.52. The second-order valence-electron chi connectivity index (χ2n) is 1.43. The maximum absolute atomic E-state index is 8.19. The lowest BCUT2D eigenvalue weighted by molar-refractivity contribution is 0.342. The minimum Gasteiger partial charge on any atom is -0.392 e. The third-order valence-corrected chi connectivity index (χ3v) is 0.508. The maximum Gasteiger partial charge on any atom is 0.0615 e. The first-order chi connectivity index (χ1) is 3.27. The van der Waals surface area contributed by atoms with Crippen molar-refractivity contribution in [3.05, 3.63) is 24.3 Å². The van der Waals surface area contributed by atoms with E-state index in [1.54, 1.807) is 12.2 Å². The summed E-state index contributed by atoms with van der Waals surface area (Å²) >= 11 is 0. The van der Waals surface area contributed by atoms with E-state index in [2.05, 4.69) is 6.58 Å². The Kier molecular flexibility index (Phi) is 3.33. The summed E-state index contributed by atoms with van der Waals surface area (Å²) in [5.41, 5.74) is 0.967. The molecule has 0 unspecified atom stereocenters. The molecule has 0 fully saturated rings. The SMILES string of the molecule is C=C(C)C=CCO. The molecular weight excluding hydrogens is 88.1 g/mol. The minimum absolute atomic E-state index is 0.104. The van der Waals surface area contributed by atoms with Crippen molar-refractivity contribution in [2.45, 2.75) is 6.92 Å². The van der Waals surface area contributed by atoms with E-state index >= 15 is 0 Å². The van der Waals surface area contributed by atoms with Gasteiger partial charge in [0.25, 0.3) is 0 Å². The summed E-state index contributed by atoms with van der Waals surface area (Å²) in [5, 5.41) is 8.19. The van der Waals surface area contributed by atoms with Crippen LogP contribution in [0.25, 0.3) is 0 Å². The number of hydrogen-bond donors (Lipinski definition) is 1. The molecule has 0 atom stereocenters. The topological polar surface area (TPSA) is 20.2 Å². The number of hydrogen-bond acceptors (Lipinski definition) is 1. The van der Waals surface area contributed by atoms with Crippen molar-refractivity contribution < 1.29 is 5.11 Å². The lowest BCUT2D eigenvalue weighted by Crippen LogP contribution is -1.69. The molecule has 0 aliphatic carbocycles. The van der Waals surface area contributed by atoms with Crippen molar-refractivity contribution in [1.82, 2.24) is 0 Å². The summed E-state index contributed by atoms with van der Waals surface area (Å²) in [7, 11) is 0. The molecule has 0 aromatic heterocycles. The highest BCUT2D eigenvalue weighted by atomic mass is 16.2. The van der Waals surface area contributed by atoms with Gasteiger partial charge in [0.2, 0.25) is 0 Å². The fraction of sp³-hybridized carbons (Fsp3) is 0.333. The molecule has 0 aromatic carbocycles. The van der Waals surface area contributed by atoms with Gasteiger partial charge in [-0.05, 0) is 6.92 Å². The predicted molar refractivity (Wildman–Crippen MR) is 31.0 cm³/mol. The summed E-state index contributed by atoms with van der Waals surface area (Å²) in [4.78, 5) is 0. The minimum atomic E-state index is 0.104. The molecule has 0 saturated heterocycles. The van der Waals surface area contributed by atoms with Gasteiger partial charge in [0, 0.05) is 0 Å². The molecule has 0 aromatic rings. The van der Waals surface area contributed by atoms with Gasteiger partial charge in [0.15, 0.2) is 0 Å². The lowest BCUT2D eigenvalue weighted by Gasteiger charge is -1.79. The fourth-order valence-electron chi connectivity index (χ4n) is 0.254. The van der Waals surface area contributed by atoms with Gasteiger partial charge in [-0.1, -0.05) is 24.3 Å². The standard InChI is InChI=1S/C6H10O/c1-6(2)4-3-5-7/h3-4,7H,1,5H2,2H3. The van der Waals surface area contributed by atoms with Crippen molar-refractivity contribution >= 4 is 0 Å². The van der Waals surface area contributed by atoms with E-state index < -0.39 is 0 Å². The Balaban J connectivity index is 3.26. The van der Waals surface area contributed by atoms with Crippen LogP contribution in [0.1, 0.15) is 6.92 Å². The van der Waals surface area contributed by atoms with Gasteiger partial charge < -0.3 is 5.11 Å². The summed E-state index contributed by atoms with van der Waals surface area (Å²) in [6, 6.07) is 0. The van der Waals surface area contributed by atoms with Crippen LogP contribution in [0.5, 0.6) is 0 Å². The molecule has 1 N–H and O–H groups in total. The first-order valence-electron chi connectivity index (χ1n) is 2.20. The second-order valence-corrected chi connectivity index (χ2v) is 1.43. The quantitative estimate of drug-likeness (QED) is 0.513. The van der Waals surface area contributed by atoms with Crippen molar-refractivity contribution in [2.75, 3.05) is 6.61 Å². The van der Waals surface area contributed by atoms with Crippen LogP contribution in [-0.2, 0) is 0 Å². The van der Waals surface area contributed by atoms with E-state index in [-0.39, 0.29) is 6.61 Å². The highest BCUT2D eigenvalue weighted by Crippen LogP contribution is 1.85. The van der Waals surface area contributed by atoms with Gasteiger partial charge in [-0.3, -0.25) is 0 Å². The van der Waals surface area contributed by atoms with E-state index in [1.807, 2.05) is 6.92 Å². The van der Waals surface area contributed by atoms with Crippen molar-refractivity contribution in [1.29, 1.82) is 0 Å². The Bertz CT molecular complexity index is 82.2. The molecule has 0 amide bonds. The van der Waals surface area contributed by atoms with E-state index in [4.69, 9.17) is 5.11 Å². The molecule has 1 heteroatoms. The van der Waals surface area contributed by atoms with E-state index in [0.29, 0.717) is 0 Å². The Labute approximate surface area is 44.0 Å². The van der Waals surface area contributed by atoms with Gasteiger partial charge in [0.1, 0.15) is 0 Å². The summed E-state index contributed by atoms with van der Waals surface area (Å²) < 4.78 is 0. The lowest BCUT2D eigenvalue weighted by atomic mass is 10.3. The van der Waals surface area contributed by atoms with Crippen molar-refractivity contribution in [3.8, 4) is 0 Å². The third kappa shape index (κ3) is 5.44. The smallest absolute Gasteiger partial charge is 0.0615 e. The predicted octanol–water partition coefficient (Wildman–Crippen LogP) is 1.11. The summed E-state index contributed by atoms with van der Waals surface area (Å²) in [6.07, 6.45) is 3.43. The molecule has 0 aliphatic rings. The zero-order chi connectivity index (χ0) is 5.70. The van der Waals surface area contributed by atoms with Gasteiger partial charge in [-0.25, -0.2) is 0 Å². The number of aliphatic hydroxyl groups excluding tert-OH is 1. The van der Waals surface area contributed by atoms with Gasteiger partial charge in [-0.2, -0.15) is 0 Å². The fourth-order valence-corrected chi connectivity index (χ4v) is 0.254. The second kappa shape index (κ2) is 3.62. The summed E-state index contributed by atoms with van der Waals surface area (Å²) in [5.74, 6) is 0. The molecule has 0 spiro atoms. The molecule has 0 saturated carbocycles. The average molecular weight is 98.1 g/mol. The van der Waals surface area contributed by atoms with E-state index in [1.165, 1.54) is 0 Å². The van der Waals surface area contributed by atoms with Crippen LogP contribution >= 0.6 is 0 Å².